The first-order valence-corrected chi connectivity index (χ1v) is 8.17. The molecule has 1 N–H and O–H groups in total. The summed E-state index contributed by atoms with van der Waals surface area (Å²) in [5, 5.41) is 10.0. The van der Waals surface area contributed by atoms with Crippen LogP contribution in [0.2, 0.25) is 0 Å². The number of hydrogen-bond acceptors (Lipinski definition) is 3. The van der Waals surface area contributed by atoms with Crippen LogP contribution in [0.1, 0.15) is 12.1 Å². The van der Waals surface area contributed by atoms with Crippen molar-refractivity contribution in [1.29, 1.82) is 5.26 Å². The van der Waals surface area contributed by atoms with Crippen LogP contribution >= 0.6 is 15.9 Å². The van der Waals surface area contributed by atoms with Crippen molar-refractivity contribution in [3.8, 4) is 11.8 Å². The van der Waals surface area contributed by atoms with Crippen molar-refractivity contribution in [2.45, 2.75) is 19.3 Å². The second kappa shape index (κ2) is 8.15. The second-order valence-electron chi connectivity index (χ2n) is 5.60. The van der Waals surface area contributed by atoms with Crippen LogP contribution in [-0.4, -0.2) is 37.0 Å². The molecule has 128 valence electrons. The molecule has 2 rings (SSSR count). The highest BCUT2D eigenvalue weighted by Crippen LogP contribution is 2.31. The molecule has 7 heteroatoms. The van der Waals surface area contributed by atoms with Gasteiger partial charge in [-0.05, 0) is 47.0 Å². The molecule has 0 saturated carbocycles. The van der Waals surface area contributed by atoms with E-state index in [-0.39, 0.29) is 0 Å². The molecule has 4 nitrogen and oxygen atoms in total. The van der Waals surface area contributed by atoms with Gasteiger partial charge in [0.05, 0.1) is 10.5 Å². The van der Waals surface area contributed by atoms with Crippen molar-refractivity contribution in [3.05, 3.63) is 40.1 Å². The maximum absolute atomic E-state index is 12.3. The summed E-state index contributed by atoms with van der Waals surface area (Å²) in [6, 6.07) is 7.67. The lowest BCUT2D eigenvalue weighted by molar-refractivity contribution is 0.0816. The number of nitriles is 1. The lowest BCUT2D eigenvalue weighted by Crippen LogP contribution is -2.07. The molecule has 0 radical (unpaired) electrons. The third kappa shape index (κ3) is 4.96. The van der Waals surface area contributed by atoms with Gasteiger partial charge in [0.25, 0.3) is 6.43 Å². The minimum atomic E-state index is -2.51. The highest BCUT2D eigenvalue weighted by molar-refractivity contribution is 9.10. The molecule has 0 aliphatic carbocycles. The number of rotatable bonds is 7. The predicted octanol–water partition coefficient (Wildman–Crippen LogP) is 4.48. The summed E-state index contributed by atoms with van der Waals surface area (Å²) in [5.74, 6) is 0.388. The third-order valence-corrected chi connectivity index (χ3v) is 3.93. The second-order valence-corrected chi connectivity index (χ2v) is 6.45. The first kappa shape index (κ1) is 18.3. The van der Waals surface area contributed by atoms with Crippen LogP contribution in [0.4, 0.5) is 8.78 Å². The molecular weight excluding hydrogens is 380 g/mol. The molecule has 24 heavy (non-hydrogen) atoms. The van der Waals surface area contributed by atoms with E-state index in [1.54, 1.807) is 18.3 Å². The zero-order valence-corrected chi connectivity index (χ0v) is 15.0. The van der Waals surface area contributed by atoms with Crippen LogP contribution in [-0.2, 0) is 6.42 Å². The first-order valence-electron chi connectivity index (χ1n) is 7.38. The Morgan fingerprint density at radius 2 is 2.17 bits per heavy atom. The third-order valence-electron chi connectivity index (χ3n) is 3.32. The Bertz CT molecular complexity index is 778. The van der Waals surface area contributed by atoms with Gasteiger partial charge in [0, 0.05) is 42.5 Å². The van der Waals surface area contributed by atoms with E-state index in [0.29, 0.717) is 28.6 Å². The molecule has 1 heterocycles. The fourth-order valence-electron chi connectivity index (χ4n) is 2.32. The van der Waals surface area contributed by atoms with E-state index in [9.17, 15) is 8.78 Å². The SMILES string of the molecule is CN(C)/C=C(\C#N)CCc1cc2cc(OCC(F)F)c(Br)cc2[nH]1. The summed E-state index contributed by atoms with van der Waals surface area (Å²) in [4.78, 5) is 5.12. The average molecular weight is 398 g/mol. The number of aryl methyl sites for hydroxylation is 1. The number of halogens is 3. The number of H-pyrrole nitrogens is 1. The summed E-state index contributed by atoms with van der Waals surface area (Å²) < 4.78 is 30.3. The summed E-state index contributed by atoms with van der Waals surface area (Å²) in [7, 11) is 3.75. The molecule has 0 aliphatic rings. The van der Waals surface area contributed by atoms with Crippen molar-refractivity contribution >= 4 is 26.8 Å². The molecule has 0 aliphatic heterocycles. The fourth-order valence-corrected chi connectivity index (χ4v) is 2.78. The van der Waals surface area contributed by atoms with Crippen LogP contribution in [0, 0.1) is 11.3 Å². The van der Waals surface area contributed by atoms with Crippen molar-refractivity contribution < 1.29 is 13.5 Å². The molecule has 0 spiro atoms. The molecule has 1 aromatic heterocycles. The topological polar surface area (TPSA) is 52.1 Å². The molecule has 1 aromatic carbocycles. The van der Waals surface area contributed by atoms with Gasteiger partial charge in [-0.3, -0.25) is 0 Å². The van der Waals surface area contributed by atoms with E-state index < -0.39 is 13.0 Å². The van der Waals surface area contributed by atoms with Gasteiger partial charge in [-0.1, -0.05) is 0 Å². The zero-order valence-electron chi connectivity index (χ0n) is 13.4. The number of allylic oxidation sites excluding steroid dienone is 1. The monoisotopic (exact) mass is 397 g/mol. The van der Waals surface area contributed by atoms with E-state index in [4.69, 9.17) is 10.00 Å². The summed E-state index contributed by atoms with van der Waals surface area (Å²) in [6.45, 7) is -0.637. The Balaban J connectivity index is 2.15. The molecule has 0 atom stereocenters. The summed E-state index contributed by atoms with van der Waals surface area (Å²) in [5.41, 5.74) is 2.56. The molecule has 0 unspecified atom stereocenters. The predicted molar refractivity (Wildman–Crippen MR) is 93.2 cm³/mol. The molecule has 0 bridgehead atoms. The van der Waals surface area contributed by atoms with Gasteiger partial charge in [0.1, 0.15) is 12.4 Å². The maximum Gasteiger partial charge on any atom is 0.272 e. The van der Waals surface area contributed by atoms with Gasteiger partial charge in [-0.25, -0.2) is 8.78 Å². The van der Waals surface area contributed by atoms with Gasteiger partial charge in [0.2, 0.25) is 0 Å². The number of aromatic nitrogens is 1. The van der Waals surface area contributed by atoms with Crippen LogP contribution in [0.15, 0.2) is 34.4 Å². The normalized spacial score (nSPS) is 11.8. The molecule has 2 aromatic rings. The standard InChI is InChI=1S/C17H18BrF2N3O/c1-23(2)9-11(8-21)3-4-13-5-12-6-16(24-10-17(19)20)14(18)7-15(12)22-13/h5-7,9,17,22H,3-4,10H2,1-2H3/b11-9-. The number of ether oxygens (including phenoxy) is 1. The number of fused-ring (bicyclic) bond motifs is 1. The molecule has 0 amide bonds. The van der Waals surface area contributed by atoms with E-state index in [1.807, 2.05) is 25.1 Å². The summed E-state index contributed by atoms with van der Waals surface area (Å²) in [6.07, 6.45) is 0.599. The van der Waals surface area contributed by atoms with Crippen molar-refractivity contribution in [2.75, 3.05) is 20.7 Å². The van der Waals surface area contributed by atoms with E-state index in [1.165, 1.54) is 0 Å². The lowest BCUT2D eigenvalue weighted by Gasteiger charge is -2.07. The molecule has 0 fully saturated rings. The minimum absolute atomic E-state index is 0.388. The number of aromatic amines is 1. The van der Waals surface area contributed by atoms with Gasteiger partial charge in [-0.15, -0.1) is 0 Å². The maximum atomic E-state index is 12.3. The Hall–Kier alpha value is -2.07. The number of benzene rings is 1. The minimum Gasteiger partial charge on any atom is -0.486 e. The largest absolute Gasteiger partial charge is 0.486 e. The van der Waals surface area contributed by atoms with Gasteiger partial charge >= 0.3 is 0 Å². The molecule has 0 saturated heterocycles. The summed E-state index contributed by atoms with van der Waals surface area (Å²) >= 11 is 3.33. The van der Waals surface area contributed by atoms with Crippen LogP contribution in [0.3, 0.4) is 0 Å². The van der Waals surface area contributed by atoms with Gasteiger partial charge in [0.15, 0.2) is 0 Å². The van der Waals surface area contributed by atoms with Crippen LogP contribution < -0.4 is 4.74 Å². The Kier molecular flexibility index (Phi) is 6.21. The highest BCUT2D eigenvalue weighted by atomic mass is 79.9. The van der Waals surface area contributed by atoms with Crippen molar-refractivity contribution in [3.63, 3.8) is 0 Å². The zero-order chi connectivity index (χ0) is 17.7. The van der Waals surface area contributed by atoms with E-state index in [0.717, 1.165) is 16.6 Å². The lowest BCUT2D eigenvalue weighted by atomic mass is 10.1. The number of nitrogens with one attached hydrogen (secondary N) is 1. The smallest absolute Gasteiger partial charge is 0.272 e. The molecular formula is C17H18BrF2N3O. The first-order chi connectivity index (χ1) is 11.4. The van der Waals surface area contributed by atoms with Gasteiger partial charge in [-0.2, -0.15) is 5.26 Å². The highest BCUT2D eigenvalue weighted by Gasteiger charge is 2.10. The fraction of sp³-hybridized carbons (Fsp3) is 0.353. The number of hydrogen-bond donors (Lipinski definition) is 1. The van der Waals surface area contributed by atoms with Crippen molar-refractivity contribution in [1.82, 2.24) is 9.88 Å². The Labute approximate surface area is 147 Å². The quantitative estimate of drug-likeness (QED) is 0.700. The Morgan fingerprint density at radius 3 is 2.79 bits per heavy atom. The van der Waals surface area contributed by atoms with Crippen LogP contribution in [0.25, 0.3) is 10.9 Å². The van der Waals surface area contributed by atoms with Crippen LogP contribution in [0.5, 0.6) is 5.75 Å². The average Bonchev–Trinajstić information content (AvgIpc) is 2.90. The number of nitrogens with zero attached hydrogens (tertiary/aromatic N) is 2. The number of alkyl halides is 2. The Morgan fingerprint density at radius 1 is 1.42 bits per heavy atom. The van der Waals surface area contributed by atoms with Gasteiger partial charge < -0.3 is 14.6 Å². The van der Waals surface area contributed by atoms with E-state index >= 15 is 0 Å². The van der Waals surface area contributed by atoms with E-state index in [2.05, 4.69) is 27.0 Å². The van der Waals surface area contributed by atoms with Crippen molar-refractivity contribution in [2.24, 2.45) is 0 Å².